The van der Waals surface area contributed by atoms with Crippen molar-refractivity contribution in [3.05, 3.63) is 35.4 Å². The molecule has 2 heteroatoms. The van der Waals surface area contributed by atoms with E-state index in [0.29, 0.717) is 6.04 Å². The normalized spacial score (nSPS) is 33.8. The molecule has 1 heterocycles. The number of carbonyl (C=O) groups is 1. The van der Waals surface area contributed by atoms with E-state index in [9.17, 15) is 4.79 Å². The van der Waals surface area contributed by atoms with Crippen LogP contribution < -0.4 is 5.32 Å². The lowest BCUT2D eigenvalue weighted by atomic mass is 9.72. The lowest BCUT2D eigenvalue weighted by molar-refractivity contribution is -0.123. The molecule has 1 saturated heterocycles. The summed E-state index contributed by atoms with van der Waals surface area (Å²) in [5.41, 5.74) is 2.30. The van der Waals surface area contributed by atoms with Crippen LogP contribution in [0.2, 0.25) is 0 Å². The Morgan fingerprint density at radius 3 is 3.07 bits per heavy atom. The van der Waals surface area contributed by atoms with Crippen LogP contribution in [0, 0.1) is 0 Å². The highest BCUT2D eigenvalue weighted by Gasteiger charge is 2.48. The zero-order valence-corrected chi connectivity index (χ0v) is 8.21. The fourth-order valence-corrected chi connectivity index (χ4v) is 2.84. The van der Waals surface area contributed by atoms with E-state index in [0.717, 1.165) is 12.8 Å². The molecule has 2 atom stereocenters. The van der Waals surface area contributed by atoms with E-state index in [-0.39, 0.29) is 11.3 Å². The molecule has 3 rings (SSSR count). The molecular weight excluding hydrogens is 174 g/mol. The quantitative estimate of drug-likeness (QED) is 0.653. The summed E-state index contributed by atoms with van der Waals surface area (Å²) in [4.78, 5) is 11.8. The second-order valence-electron chi connectivity index (χ2n) is 4.57. The Kier molecular flexibility index (Phi) is 1.37. The molecule has 1 N–H and O–H groups in total. The molecule has 0 aromatic heterocycles. The molecule has 1 aromatic rings. The summed E-state index contributed by atoms with van der Waals surface area (Å²) in [5.74, 6) is 0.201. The van der Waals surface area contributed by atoms with Crippen molar-refractivity contribution in [1.29, 1.82) is 0 Å². The highest BCUT2D eigenvalue weighted by molar-refractivity contribution is 5.91. The molecule has 2 aliphatic rings. The van der Waals surface area contributed by atoms with Gasteiger partial charge in [-0.3, -0.25) is 4.79 Å². The largest absolute Gasteiger partial charge is 0.352 e. The minimum Gasteiger partial charge on any atom is -0.352 e. The predicted molar refractivity (Wildman–Crippen MR) is 54.0 cm³/mol. The molecule has 0 spiro atoms. The van der Waals surface area contributed by atoms with Crippen LogP contribution in [0.3, 0.4) is 0 Å². The lowest BCUT2D eigenvalue weighted by Crippen LogP contribution is -2.32. The molecule has 1 aromatic carbocycles. The standard InChI is InChI=1S/C12H13NO/c1-12-7-9(13-11(12)14)6-8-4-2-3-5-10(8)12/h2-5,9H,6-7H2,1H3,(H,13,14). The number of carbonyl (C=O) groups excluding carboxylic acids is 1. The summed E-state index contributed by atoms with van der Waals surface area (Å²) >= 11 is 0. The molecular formula is C12H13NO. The Labute approximate surface area is 83.3 Å². The zero-order valence-electron chi connectivity index (χ0n) is 8.21. The van der Waals surface area contributed by atoms with Gasteiger partial charge in [-0.1, -0.05) is 24.3 Å². The van der Waals surface area contributed by atoms with Gasteiger partial charge in [0.2, 0.25) is 5.91 Å². The highest BCUT2D eigenvalue weighted by atomic mass is 16.2. The first kappa shape index (κ1) is 8.04. The second-order valence-corrected chi connectivity index (χ2v) is 4.57. The topological polar surface area (TPSA) is 29.1 Å². The number of rotatable bonds is 0. The maximum absolute atomic E-state index is 11.8. The Morgan fingerprint density at radius 2 is 2.21 bits per heavy atom. The predicted octanol–water partition coefficient (Wildman–Crippen LogP) is 1.39. The fraction of sp³-hybridized carbons (Fsp3) is 0.417. The van der Waals surface area contributed by atoms with Crippen LogP contribution in [0.25, 0.3) is 0 Å². The molecule has 1 aliphatic heterocycles. The van der Waals surface area contributed by atoms with Gasteiger partial charge in [0.25, 0.3) is 0 Å². The molecule has 1 aliphatic carbocycles. The summed E-state index contributed by atoms with van der Waals surface area (Å²) in [5, 5.41) is 3.06. The number of benzene rings is 1. The number of hydrogen-bond donors (Lipinski definition) is 1. The Hall–Kier alpha value is -1.31. The van der Waals surface area contributed by atoms with Crippen LogP contribution in [-0.2, 0) is 16.6 Å². The first-order valence-corrected chi connectivity index (χ1v) is 5.09. The van der Waals surface area contributed by atoms with Crippen LogP contribution in [0.4, 0.5) is 0 Å². The Balaban J connectivity index is 2.24. The SMILES string of the molecule is CC12CC(Cc3ccccc31)NC2=O. The molecule has 1 fully saturated rings. The van der Waals surface area contributed by atoms with Crippen LogP contribution in [0.5, 0.6) is 0 Å². The van der Waals surface area contributed by atoms with E-state index < -0.39 is 0 Å². The summed E-state index contributed by atoms with van der Waals surface area (Å²) in [6, 6.07) is 8.67. The Morgan fingerprint density at radius 1 is 1.43 bits per heavy atom. The maximum Gasteiger partial charge on any atom is 0.230 e. The van der Waals surface area contributed by atoms with Gasteiger partial charge in [-0.2, -0.15) is 0 Å². The average Bonchev–Trinajstić information content (AvgIpc) is 2.39. The molecule has 14 heavy (non-hydrogen) atoms. The number of nitrogens with one attached hydrogen (secondary N) is 1. The van der Waals surface area contributed by atoms with Gasteiger partial charge in [-0.15, -0.1) is 0 Å². The molecule has 2 nitrogen and oxygen atoms in total. The van der Waals surface area contributed by atoms with Crippen molar-refractivity contribution in [2.75, 3.05) is 0 Å². The van der Waals surface area contributed by atoms with Gasteiger partial charge in [0.1, 0.15) is 0 Å². The van der Waals surface area contributed by atoms with Gasteiger partial charge in [0.15, 0.2) is 0 Å². The minimum atomic E-state index is -0.264. The van der Waals surface area contributed by atoms with E-state index in [1.807, 2.05) is 6.07 Å². The fourth-order valence-electron chi connectivity index (χ4n) is 2.84. The van der Waals surface area contributed by atoms with E-state index in [2.05, 4.69) is 30.4 Å². The number of fused-ring (bicyclic) bond motifs is 4. The average molecular weight is 187 g/mol. The van der Waals surface area contributed by atoms with Crippen LogP contribution in [0.15, 0.2) is 24.3 Å². The first-order valence-electron chi connectivity index (χ1n) is 5.09. The van der Waals surface area contributed by atoms with E-state index >= 15 is 0 Å². The van der Waals surface area contributed by atoms with Crippen molar-refractivity contribution >= 4 is 5.91 Å². The van der Waals surface area contributed by atoms with E-state index in [4.69, 9.17) is 0 Å². The number of hydrogen-bond acceptors (Lipinski definition) is 1. The third-order valence-electron chi connectivity index (χ3n) is 3.57. The molecule has 72 valence electrons. The third-order valence-corrected chi connectivity index (χ3v) is 3.57. The summed E-state index contributed by atoms with van der Waals surface area (Å²) in [7, 11) is 0. The van der Waals surface area contributed by atoms with Gasteiger partial charge >= 0.3 is 0 Å². The number of amides is 1. The molecule has 2 bridgehead atoms. The van der Waals surface area contributed by atoms with Crippen molar-refractivity contribution in [1.82, 2.24) is 5.32 Å². The molecule has 1 amide bonds. The molecule has 0 saturated carbocycles. The van der Waals surface area contributed by atoms with Crippen LogP contribution in [0.1, 0.15) is 24.5 Å². The monoisotopic (exact) mass is 187 g/mol. The second kappa shape index (κ2) is 2.38. The van der Waals surface area contributed by atoms with Gasteiger partial charge in [-0.25, -0.2) is 0 Å². The van der Waals surface area contributed by atoms with Crippen LogP contribution in [-0.4, -0.2) is 11.9 Å². The Bertz CT molecular complexity index is 413. The molecule has 0 radical (unpaired) electrons. The maximum atomic E-state index is 11.8. The molecule has 2 unspecified atom stereocenters. The van der Waals surface area contributed by atoms with Gasteiger partial charge < -0.3 is 5.32 Å². The van der Waals surface area contributed by atoms with Crippen molar-refractivity contribution in [2.45, 2.75) is 31.2 Å². The smallest absolute Gasteiger partial charge is 0.230 e. The van der Waals surface area contributed by atoms with Gasteiger partial charge in [0.05, 0.1) is 5.41 Å². The van der Waals surface area contributed by atoms with E-state index in [1.165, 1.54) is 11.1 Å². The highest BCUT2D eigenvalue weighted by Crippen LogP contribution is 2.41. The van der Waals surface area contributed by atoms with Crippen molar-refractivity contribution in [3.63, 3.8) is 0 Å². The van der Waals surface area contributed by atoms with E-state index in [1.54, 1.807) is 0 Å². The summed E-state index contributed by atoms with van der Waals surface area (Å²) in [6.45, 7) is 2.06. The van der Waals surface area contributed by atoms with Gasteiger partial charge in [-0.05, 0) is 30.9 Å². The van der Waals surface area contributed by atoms with Crippen molar-refractivity contribution in [3.8, 4) is 0 Å². The van der Waals surface area contributed by atoms with Crippen LogP contribution >= 0.6 is 0 Å². The van der Waals surface area contributed by atoms with Crippen molar-refractivity contribution in [2.24, 2.45) is 0 Å². The minimum absolute atomic E-state index is 0.201. The van der Waals surface area contributed by atoms with Crippen molar-refractivity contribution < 1.29 is 4.79 Å². The zero-order chi connectivity index (χ0) is 9.76. The third kappa shape index (κ3) is 0.834. The first-order chi connectivity index (χ1) is 6.70. The van der Waals surface area contributed by atoms with Gasteiger partial charge in [0, 0.05) is 6.04 Å². The summed E-state index contributed by atoms with van der Waals surface area (Å²) < 4.78 is 0. The summed E-state index contributed by atoms with van der Waals surface area (Å²) in [6.07, 6.45) is 1.96. The lowest BCUT2D eigenvalue weighted by Gasteiger charge is -2.28.